The lowest BCUT2D eigenvalue weighted by atomic mass is 10.1. The van der Waals surface area contributed by atoms with Crippen molar-refractivity contribution in [1.29, 1.82) is 0 Å². The zero-order valence-electron chi connectivity index (χ0n) is 10.6. The van der Waals surface area contributed by atoms with Gasteiger partial charge in [0.1, 0.15) is 0 Å². The van der Waals surface area contributed by atoms with Crippen LogP contribution < -0.4 is 5.32 Å². The van der Waals surface area contributed by atoms with Crippen molar-refractivity contribution >= 4 is 27.4 Å². The molecule has 0 bridgehead atoms. The Morgan fingerprint density at radius 2 is 1.94 bits per heavy atom. The third kappa shape index (κ3) is 3.04. The third-order valence-electron chi connectivity index (χ3n) is 2.77. The van der Waals surface area contributed by atoms with Gasteiger partial charge < -0.3 is 5.32 Å². The fraction of sp³-hybridized carbons (Fsp3) is 0.385. The van der Waals surface area contributed by atoms with E-state index in [2.05, 4.69) is 15.5 Å². The lowest BCUT2D eigenvalue weighted by molar-refractivity contribution is 0.685. The molecule has 0 aliphatic carbocycles. The molecule has 1 unspecified atom stereocenters. The third-order valence-corrected chi connectivity index (χ3v) is 3.64. The Morgan fingerprint density at radius 1 is 1.22 bits per heavy atom. The van der Waals surface area contributed by atoms with Gasteiger partial charge in [0.2, 0.25) is 0 Å². The number of nitrogens with one attached hydrogen (secondary N) is 1. The van der Waals surface area contributed by atoms with E-state index in [-0.39, 0.29) is 0 Å². The fourth-order valence-corrected chi connectivity index (χ4v) is 2.40. The molecule has 1 heterocycles. The first-order chi connectivity index (χ1) is 8.68. The summed E-state index contributed by atoms with van der Waals surface area (Å²) in [5.74, 6) is 1.52. The predicted octanol–water partition coefficient (Wildman–Crippen LogP) is 2.12. The SMILES string of the molecule is Cc1nnc(NCCCS(C)=O)c2ccccc12. The highest BCUT2D eigenvalue weighted by atomic mass is 32.2. The van der Waals surface area contributed by atoms with Crippen molar-refractivity contribution in [3.8, 4) is 0 Å². The number of benzene rings is 1. The van der Waals surface area contributed by atoms with Gasteiger partial charge in [-0.05, 0) is 13.3 Å². The normalized spacial score (nSPS) is 12.6. The van der Waals surface area contributed by atoms with E-state index < -0.39 is 10.8 Å². The van der Waals surface area contributed by atoms with E-state index in [1.807, 2.05) is 31.2 Å². The Balaban J connectivity index is 2.14. The Bertz CT molecular complexity index is 571. The molecule has 1 atom stereocenters. The molecule has 0 fully saturated rings. The smallest absolute Gasteiger partial charge is 0.156 e. The molecule has 0 aliphatic rings. The van der Waals surface area contributed by atoms with E-state index in [0.717, 1.165) is 35.2 Å². The summed E-state index contributed by atoms with van der Waals surface area (Å²) in [6.07, 6.45) is 2.59. The van der Waals surface area contributed by atoms with Gasteiger partial charge in [0.05, 0.1) is 5.69 Å². The molecule has 5 heteroatoms. The Hall–Kier alpha value is -1.49. The number of aromatic nitrogens is 2. The van der Waals surface area contributed by atoms with E-state index in [1.54, 1.807) is 6.26 Å². The highest BCUT2D eigenvalue weighted by Crippen LogP contribution is 2.21. The first-order valence-corrected chi connectivity index (χ1v) is 7.67. The molecule has 0 saturated heterocycles. The van der Waals surface area contributed by atoms with Crippen LogP contribution in [0.25, 0.3) is 10.8 Å². The standard InChI is InChI=1S/C13H17N3OS/c1-10-11-6-3-4-7-12(11)13(16-15-10)14-8-5-9-18(2)17/h3-4,6-7H,5,8-9H2,1-2H3,(H,14,16). The van der Waals surface area contributed by atoms with Crippen molar-refractivity contribution in [2.45, 2.75) is 13.3 Å². The van der Waals surface area contributed by atoms with E-state index in [4.69, 9.17) is 0 Å². The average Bonchev–Trinajstić information content (AvgIpc) is 2.37. The van der Waals surface area contributed by atoms with Gasteiger partial charge in [0.15, 0.2) is 5.82 Å². The predicted molar refractivity (Wildman–Crippen MR) is 76.3 cm³/mol. The van der Waals surface area contributed by atoms with Gasteiger partial charge >= 0.3 is 0 Å². The molecule has 1 aromatic carbocycles. The van der Waals surface area contributed by atoms with Crippen LogP contribution in [-0.4, -0.2) is 33.0 Å². The first kappa shape index (κ1) is 13.0. The van der Waals surface area contributed by atoms with Crippen LogP contribution >= 0.6 is 0 Å². The van der Waals surface area contributed by atoms with Crippen molar-refractivity contribution < 1.29 is 4.21 Å². The van der Waals surface area contributed by atoms with Crippen molar-refractivity contribution in [3.05, 3.63) is 30.0 Å². The van der Waals surface area contributed by atoms with Gasteiger partial charge in [-0.25, -0.2) is 0 Å². The van der Waals surface area contributed by atoms with Crippen molar-refractivity contribution in [2.24, 2.45) is 0 Å². The maximum atomic E-state index is 11.0. The molecule has 2 rings (SSSR count). The highest BCUT2D eigenvalue weighted by molar-refractivity contribution is 7.84. The Morgan fingerprint density at radius 3 is 2.67 bits per heavy atom. The second kappa shape index (κ2) is 5.91. The van der Waals surface area contributed by atoms with Gasteiger partial charge in [0.25, 0.3) is 0 Å². The fourth-order valence-electron chi connectivity index (χ4n) is 1.85. The van der Waals surface area contributed by atoms with Crippen molar-refractivity contribution in [3.63, 3.8) is 0 Å². The van der Waals surface area contributed by atoms with E-state index in [0.29, 0.717) is 5.75 Å². The molecule has 18 heavy (non-hydrogen) atoms. The van der Waals surface area contributed by atoms with Crippen LogP contribution in [0.5, 0.6) is 0 Å². The minimum absolute atomic E-state index is 0.713. The largest absolute Gasteiger partial charge is 0.368 e. The topological polar surface area (TPSA) is 54.9 Å². The number of rotatable bonds is 5. The van der Waals surface area contributed by atoms with Crippen LogP contribution in [0.1, 0.15) is 12.1 Å². The lowest BCUT2D eigenvalue weighted by Gasteiger charge is -2.08. The minimum atomic E-state index is -0.730. The van der Waals surface area contributed by atoms with Gasteiger partial charge in [-0.1, -0.05) is 24.3 Å². The van der Waals surface area contributed by atoms with E-state index in [9.17, 15) is 4.21 Å². The number of nitrogens with zero attached hydrogens (tertiary/aromatic N) is 2. The minimum Gasteiger partial charge on any atom is -0.368 e. The second-order valence-electron chi connectivity index (χ2n) is 4.24. The number of anilines is 1. The van der Waals surface area contributed by atoms with Gasteiger partial charge in [-0.2, -0.15) is 5.10 Å². The summed E-state index contributed by atoms with van der Waals surface area (Å²) in [5.41, 5.74) is 0.936. The van der Waals surface area contributed by atoms with Gasteiger partial charge in [0, 0.05) is 40.1 Å². The quantitative estimate of drug-likeness (QED) is 0.840. The molecule has 0 saturated carbocycles. The van der Waals surface area contributed by atoms with Crippen LogP contribution in [0.3, 0.4) is 0 Å². The molecular formula is C13H17N3OS. The summed E-state index contributed by atoms with van der Waals surface area (Å²) in [6.45, 7) is 2.72. The van der Waals surface area contributed by atoms with Gasteiger partial charge in [-0.3, -0.25) is 4.21 Å². The average molecular weight is 263 g/mol. The van der Waals surface area contributed by atoms with Crippen molar-refractivity contribution in [2.75, 3.05) is 23.9 Å². The molecule has 1 aromatic heterocycles. The van der Waals surface area contributed by atoms with Crippen LogP contribution in [0.4, 0.5) is 5.82 Å². The molecular weight excluding hydrogens is 246 g/mol. The molecule has 2 aromatic rings. The highest BCUT2D eigenvalue weighted by Gasteiger charge is 2.05. The summed E-state index contributed by atoms with van der Waals surface area (Å²) in [7, 11) is -0.730. The zero-order valence-corrected chi connectivity index (χ0v) is 11.5. The number of fused-ring (bicyclic) bond motifs is 1. The number of hydrogen-bond acceptors (Lipinski definition) is 4. The van der Waals surface area contributed by atoms with Crippen LogP contribution in [0, 0.1) is 6.92 Å². The lowest BCUT2D eigenvalue weighted by Crippen LogP contribution is -2.08. The maximum absolute atomic E-state index is 11.0. The van der Waals surface area contributed by atoms with E-state index in [1.165, 1.54) is 0 Å². The zero-order chi connectivity index (χ0) is 13.0. The molecule has 0 amide bonds. The first-order valence-electron chi connectivity index (χ1n) is 5.94. The van der Waals surface area contributed by atoms with Crippen LogP contribution in [0.2, 0.25) is 0 Å². The summed E-state index contributed by atoms with van der Waals surface area (Å²) in [5, 5.41) is 13.8. The second-order valence-corrected chi connectivity index (χ2v) is 5.79. The van der Waals surface area contributed by atoms with Crippen molar-refractivity contribution in [1.82, 2.24) is 10.2 Å². The Labute approximate surface area is 109 Å². The van der Waals surface area contributed by atoms with Gasteiger partial charge in [-0.15, -0.1) is 5.10 Å². The summed E-state index contributed by atoms with van der Waals surface area (Å²) >= 11 is 0. The van der Waals surface area contributed by atoms with Crippen LogP contribution in [0.15, 0.2) is 24.3 Å². The molecule has 0 spiro atoms. The summed E-state index contributed by atoms with van der Waals surface area (Å²) < 4.78 is 11.0. The summed E-state index contributed by atoms with van der Waals surface area (Å²) in [6, 6.07) is 8.08. The molecule has 4 nitrogen and oxygen atoms in total. The molecule has 1 N–H and O–H groups in total. The monoisotopic (exact) mass is 263 g/mol. The Kier molecular flexibility index (Phi) is 4.25. The van der Waals surface area contributed by atoms with Crippen LogP contribution in [-0.2, 0) is 10.8 Å². The summed E-state index contributed by atoms with van der Waals surface area (Å²) in [4.78, 5) is 0. The van der Waals surface area contributed by atoms with E-state index >= 15 is 0 Å². The number of aryl methyl sites for hydroxylation is 1. The molecule has 96 valence electrons. The maximum Gasteiger partial charge on any atom is 0.156 e. The molecule has 0 radical (unpaired) electrons. The molecule has 0 aliphatic heterocycles. The number of hydrogen-bond donors (Lipinski definition) is 1.